The number of fused-ring (bicyclic) bond motifs is 9. The number of hydrogen-bond acceptors (Lipinski definition) is 8. The fraction of sp³-hybridized carbons (Fsp3) is 0.758. The molecule has 5 spiro atoms. The molecule has 5 saturated carbocycles. The van der Waals surface area contributed by atoms with Crippen LogP contribution in [0.3, 0.4) is 0 Å². The molecule has 17 rings (SSSR count). The number of nitrogens with two attached hydrogens (primary N) is 1. The zero-order valence-corrected chi connectivity index (χ0v) is 44.7. The summed E-state index contributed by atoms with van der Waals surface area (Å²) in [5.41, 5.74) is 12.9. The molecule has 1 aromatic carbocycles. The number of piperidine rings is 3. The van der Waals surface area contributed by atoms with Crippen LogP contribution in [-0.2, 0) is 26.3 Å². The maximum Gasteiger partial charge on any atom is 0.339 e. The molecule has 0 unspecified atom stereocenters. The lowest BCUT2D eigenvalue weighted by Crippen LogP contribution is -2.78. The Hall–Kier alpha value is -3.36. The first kappa shape index (κ1) is 45.6. The third kappa shape index (κ3) is 5.29. The van der Waals surface area contributed by atoms with Gasteiger partial charge in [0.05, 0.1) is 11.0 Å². The van der Waals surface area contributed by atoms with E-state index in [1.165, 1.54) is 134 Å². The van der Waals surface area contributed by atoms with Crippen molar-refractivity contribution >= 4 is 11.9 Å². The van der Waals surface area contributed by atoms with Crippen molar-refractivity contribution in [2.45, 2.75) is 204 Å². The lowest BCUT2D eigenvalue weighted by atomic mass is 9.27. The van der Waals surface area contributed by atoms with E-state index >= 15 is 9.59 Å². The molecule has 0 radical (unpaired) electrons. The Labute approximate surface area is 441 Å². The number of rotatable bonds is 5. The third-order valence-corrected chi connectivity index (χ3v) is 27.1. The number of ether oxygens (including phenoxy) is 2. The maximum absolute atomic E-state index is 16.8. The SMILES string of the molecule is C[C@@H]1CC2=C3[C@H]4C5=C6[C@@H](/C=C\[C@@H](C7CCCCC7)C[C@H]7[C@]68C(=O)O/C(=C(/O)[C@@H]6CC[C@@H]9[C@H]%10C[C@@H](CN9[C@@H]6C6CC9(CCCC9)C9(CCCC9)C6)[C@H](CC2)N3C%10)[C@@]8(CC5)[C@]72OC(=O)c3c(CCCN)cccc32)C[C@H]41. The van der Waals surface area contributed by atoms with Crippen LogP contribution in [0.4, 0.5) is 0 Å². The van der Waals surface area contributed by atoms with Crippen molar-refractivity contribution in [1.82, 2.24) is 9.80 Å². The molecule has 74 heavy (non-hydrogen) atoms. The smallest absolute Gasteiger partial charge is 0.339 e. The zero-order chi connectivity index (χ0) is 49.3. The van der Waals surface area contributed by atoms with Crippen molar-refractivity contribution in [3.05, 3.63) is 81.0 Å². The molecular weight excluding hydrogens is 915 g/mol. The van der Waals surface area contributed by atoms with Crippen molar-refractivity contribution in [2.24, 2.45) is 92.5 Å². The highest BCUT2D eigenvalue weighted by molar-refractivity contribution is 6.00. The fourth-order valence-corrected chi connectivity index (χ4v) is 24.9. The highest BCUT2D eigenvalue weighted by Gasteiger charge is 2.94. The second-order valence-corrected chi connectivity index (χ2v) is 29.1. The molecule has 9 aliphatic carbocycles. The standard InChI is InChI=1S/C66H85N3O5/c1-37-29-42-18-20-50-43-30-44-36-69(50)57(42)54-46-22-27-64-59(58(70)47-19-21-51(44)68(35-43)56(47)45-33-62(23-5-6-24-62)63(34-45)25-7-8-26-63)73-61(72)65(64)52(66(64)49-15-9-13-39(14-10-28-67)53(49)60(71)74-66)32-40(38-11-3-2-4-12-38)16-17-41(55(46)65)31-48(37)54/h9,13,15-17,37-38,40-41,43-45,47-48,50-52,54,56,70H,2-8,10-12,14,18-36,67H2,1H3/b17-16-,59-58+/t37-,40-,41+,43+,44+,47-,48+,50+,51-,52+,54+,56-,64-,65-,66-/m1/s1. The molecule has 8 nitrogen and oxygen atoms in total. The normalized spacial score (nSPS) is 47.2. The van der Waals surface area contributed by atoms with Gasteiger partial charge in [0.15, 0.2) is 11.4 Å². The summed E-state index contributed by atoms with van der Waals surface area (Å²) in [7, 11) is 0. The van der Waals surface area contributed by atoms with Crippen LogP contribution in [-0.4, -0.2) is 64.6 Å². The number of benzene rings is 1. The molecule has 4 saturated heterocycles. The number of allylic oxidation sites excluding steroid dienone is 4. The van der Waals surface area contributed by atoms with Gasteiger partial charge in [0.1, 0.15) is 11.2 Å². The van der Waals surface area contributed by atoms with Crippen LogP contribution in [0.15, 0.2) is 64.3 Å². The molecule has 7 bridgehead atoms. The van der Waals surface area contributed by atoms with Gasteiger partial charge in [-0.3, -0.25) is 9.69 Å². The van der Waals surface area contributed by atoms with Gasteiger partial charge in [-0.2, -0.15) is 0 Å². The van der Waals surface area contributed by atoms with Gasteiger partial charge in [0.2, 0.25) is 0 Å². The lowest BCUT2D eigenvalue weighted by molar-refractivity contribution is -0.282. The Morgan fingerprint density at radius 3 is 2.36 bits per heavy atom. The Morgan fingerprint density at radius 2 is 1.58 bits per heavy atom. The minimum absolute atomic E-state index is 0.110. The predicted molar refractivity (Wildman–Crippen MR) is 284 cm³/mol. The van der Waals surface area contributed by atoms with Crippen molar-refractivity contribution in [3.8, 4) is 0 Å². The molecule has 3 N–H and O–H groups in total. The molecular formula is C66H85N3O5. The van der Waals surface area contributed by atoms with E-state index in [4.69, 9.17) is 15.2 Å². The van der Waals surface area contributed by atoms with Crippen molar-refractivity contribution in [1.29, 1.82) is 0 Å². The molecule has 9 fully saturated rings. The largest absolute Gasteiger partial charge is 0.508 e. The molecule has 7 aliphatic heterocycles. The molecule has 16 aliphatic rings. The number of carbonyl (C=O) groups excluding carboxylic acids is 2. The zero-order valence-electron chi connectivity index (χ0n) is 44.7. The van der Waals surface area contributed by atoms with Crippen molar-refractivity contribution in [2.75, 3.05) is 19.6 Å². The number of esters is 2. The molecule has 0 aromatic heterocycles. The number of aliphatic hydroxyl groups is 1. The third-order valence-electron chi connectivity index (χ3n) is 27.1. The average Bonchev–Trinajstić information content (AvgIpc) is 4.37. The molecule has 1 aromatic rings. The summed E-state index contributed by atoms with van der Waals surface area (Å²) >= 11 is 0. The van der Waals surface area contributed by atoms with E-state index in [2.05, 4.69) is 47.1 Å². The van der Waals surface area contributed by atoms with E-state index in [-0.39, 0.29) is 41.7 Å². The molecule has 7 heterocycles. The van der Waals surface area contributed by atoms with E-state index in [1.807, 2.05) is 0 Å². The van der Waals surface area contributed by atoms with Crippen LogP contribution >= 0.6 is 0 Å². The highest BCUT2D eigenvalue weighted by Crippen LogP contribution is 2.88. The minimum Gasteiger partial charge on any atom is -0.508 e. The maximum atomic E-state index is 16.8. The fourth-order valence-electron chi connectivity index (χ4n) is 24.9. The van der Waals surface area contributed by atoms with Crippen LogP contribution in [0, 0.1) is 86.8 Å². The summed E-state index contributed by atoms with van der Waals surface area (Å²) in [6, 6.07) is 7.80. The summed E-state index contributed by atoms with van der Waals surface area (Å²) in [5, 5.41) is 14.4. The molecule has 0 amide bonds. The van der Waals surface area contributed by atoms with Gasteiger partial charge >= 0.3 is 11.9 Å². The van der Waals surface area contributed by atoms with Gasteiger partial charge in [-0.1, -0.05) is 93.4 Å². The van der Waals surface area contributed by atoms with E-state index in [0.29, 0.717) is 101 Å². The van der Waals surface area contributed by atoms with Crippen LogP contribution in [0.25, 0.3) is 0 Å². The van der Waals surface area contributed by atoms with Crippen LogP contribution in [0.5, 0.6) is 0 Å². The summed E-state index contributed by atoms with van der Waals surface area (Å²) in [5.74, 6) is 4.21. The predicted octanol–water partition coefficient (Wildman–Crippen LogP) is 12.8. The van der Waals surface area contributed by atoms with Gasteiger partial charge < -0.3 is 25.2 Å². The summed E-state index contributed by atoms with van der Waals surface area (Å²) < 4.78 is 15.0. The highest BCUT2D eigenvalue weighted by atomic mass is 16.6. The first-order valence-electron chi connectivity index (χ1n) is 31.5. The number of carbonyl (C=O) groups is 2. The second kappa shape index (κ2) is 15.7. The lowest BCUT2D eigenvalue weighted by Gasteiger charge is -2.73. The monoisotopic (exact) mass is 1000 g/mol. The van der Waals surface area contributed by atoms with Crippen molar-refractivity contribution in [3.63, 3.8) is 0 Å². The Kier molecular flexibility index (Phi) is 9.67. The minimum atomic E-state index is -1.14. The van der Waals surface area contributed by atoms with Gasteiger partial charge in [-0.05, 0) is 204 Å². The number of aryl methyl sites for hydroxylation is 1. The average molecular weight is 1000 g/mol. The molecule has 394 valence electrons. The quantitative estimate of drug-likeness (QED) is 0.222. The number of aliphatic hydroxyl groups excluding tert-OH is 1. The Bertz CT molecular complexity index is 2730. The van der Waals surface area contributed by atoms with E-state index in [1.54, 1.807) is 16.8 Å². The van der Waals surface area contributed by atoms with Crippen LogP contribution in [0.2, 0.25) is 0 Å². The van der Waals surface area contributed by atoms with Crippen LogP contribution in [0.1, 0.15) is 195 Å². The first-order chi connectivity index (χ1) is 36.2. The van der Waals surface area contributed by atoms with E-state index < -0.39 is 16.4 Å². The molecule has 8 heteroatoms. The van der Waals surface area contributed by atoms with Crippen LogP contribution < -0.4 is 5.73 Å². The Morgan fingerprint density at radius 1 is 0.797 bits per heavy atom. The summed E-state index contributed by atoms with van der Waals surface area (Å²) in [4.78, 5) is 38.4. The molecule has 15 atom stereocenters. The van der Waals surface area contributed by atoms with Gasteiger partial charge in [0, 0.05) is 60.2 Å². The Balaban J connectivity index is 0.948. The number of hydrogen-bond donors (Lipinski definition) is 2. The van der Waals surface area contributed by atoms with Crippen molar-refractivity contribution < 1.29 is 24.2 Å². The van der Waals surface area contributed by atoms with Gasteiger partial charge in [-0.15, -0.1) is 0 Å². The summed E-state index contributed by atoms with van der Waals surface area (Å²) in [6.07, 6.45) is 37.1. The first-order valence-corrected chi connectivity index (χ1v) is 31.5. The van der Waals surface area contributed by atoms with Gasteiger partial charge in [-0.25, -0.2) is 4.79 Å². The number of nitrogens with zero attached hydrogens (tertiary/aromatic N) is 2. The van der Waals surface area contributed by atoms with E-state index in [0.717, 1.165) is 56.2 Å². The van der Waals surface area contributed by atoms with Gasteiger partial charge in [0.25, 0.3) is 0 Å². The topological polar surface area (TPSA) is 105 Å². The van der Waals surface area contributed by atoms with E-state index in [9.17, 15) is 5.11 Å². The second-order valence-electron chi connectivity index (χ2n) is 29.1. The summed E-state index contributed by atoms with van der Waals surface area (Å²) in [6.45, 7) is 5.45.